The summed E-state index contributed by atoms with van der Waals surface area (Å²) in [5, 5.41) is 12.0. The molecule has 3 heterocycles. The van der Waals surface area contributed by atoms with Gasteiger partial charge in [0.25, 0.3) is 5.91 Å². The number of aromatic amines is 1. The van der Waals surface area contributed by atoms with Crippen molar-refractivity contribution in [1.29, 1.82) is 0 Å². The predicted octanol–water partition coefficient (Wildman–Crippen LogP) is 3.40. The Labute approximate surface area is 161 Å². The molecule has 27 heavy (non-hydrogen) atoms. The number of anilines is 2. The van der Waals surface area contributed by atoms with Crippen LogP contribution in [-0.2, 0) is 4.79 Å². The molecule has 0 bridgehead atoms. The number of pyridine rings is 1. The second-order valence-corrected chi connectivity index (χ2v) is 7.10. The van der Waals surface area contributed by atoms with E-state index in [1.807, 2.05) is 29.8 Å². The van der Waals surface area contributed by atoms with Gasteiger partial charge in [-0.3, -0.25) is 9.59 Å². The third-order valence-electron chi connectivity index (χ3n) is 4.11. The zero-order valence-corrected chi connectivity index (χ0v) is 16.0. The summed E-state index contributed by atoms with van der Waals surface area (Å²) in [5.74, 6) is -0.0825. The van der Waals surface area contributed by atoms with Gasteiger partial charge in [-0.2, -0.15) is 0 Å². The van der Waals surface area contributed by atoms with Crippen molar-refractivity contribution in [3.05, 3.63) is 40.8 Å². The lowest BCUT2D eigenvalue weighted by Crippen LogP contribution is -2.24. The van der Waals surface area contributed by atoms with Gasteiger partial charge in [-0.25, -0.2) is 4.98 Å². The predicted molar refractivity (Wildman–Crippen MR) is 109 cm³/mol. The van der Waals surface area contributed by atoms with E-state index in [1.54, 1.807) is 6.20 Å². The molecule has 7 nitrogen and oxygen atoms in total. The molecule has 0 aliphatic heterocycles. The molecular formula is C19H23N5O2S. The number of aromatic nitrogens is 2. The van der Waals surface area contributed by atoms with E-state index in [9.17, 15) is 9.59 Å². The highest BCUT2D eigenvalue weighted by atomic mass is 32.1. The minimum absolute atomic E-state index is 0.00728. The molecule has 0 aliphatic rings. The molecule has 3 rings (SSSR count). The minimum Gasteiger partial charge on any atom is -0.356 e. The van der Waals surface area contributed by atoms with Gasteiger partial charge in [-0.15, -0.1) is 11.3 Å². The number of hydrogen-bond donors (Lipinski definition) is 4. The van der Waals surface area contributed by atoms with E-state index in [-0.39, 0.29) is 11.8 Å². The summed E-state index contributed by atoms with van der Waals surface area (Å²) >= 11 is 1.41. The van der Waals surface area contributed by atoms with E-state index in [0.717, 1.165) is 41.7 Å². The van der Waals surface area contributed by atoms with Crippen LogP contribution in [0.15, 0.2) is 36.0 Å². The highest BCUT2D eigenvalue weighted by Crippen LogP contribution is 2.29. The fraction of sp³-hybridized carbons (Fsp3) is 0.316. The smallest absolute Gasteiger partial charge is 0.263 e. The molecule has 0 fully saturated rings. The molecular weight excluding hydrogens is 362 g/mol. The van der Waals surface area contributed by atoms with E-state index < -0.39 is 0 Å². The van der Waals surface area contributed by atoms with Crippen LogP contribution in [-0.4, -0.2) is 34.9 Å². The molecule has 3 aromatic heterocycles. The van der Waals surface area contributed by atoms with Crippen molar-refractivity contribution in [2.24, 2.45) is 0 Å². The standard InChI is InChI=1S/C19H23N5O2S/c1-13(25)20-8-3-2-4-9-23-19(26)17-16(7-12-27-17)24-15-6-11-22-18-14(15)5-10-21-18/h5-7,10-12H,2-4,8-9H2,1H3,(H,20,25)(H,23,26)(H2,21,22,24). The van der Waals surface area contributed by atoms with Gasteiger partial charge in [0.05, 0.1) is 11.4 Å². The van der Waals surface area contributed by atoms with Gasteiger partial charge >= 0.3 is 0 Å². The van der Waals surface area contributed by atoms with Crippen LogP contribution in [0, 0.1) is 0 Å². The Morgan fingerprint density at radius 2 is 1.89 bits per heavy atom. The third-order valence-corrected chi connectivity index (χ3v) is 5.03. The van der Waals surface area contributed by atoms with E-state index in [4.69, 9.17) is 0 Å². The van der Waals surface area contributed by atoms with Crippen LogP contribution in [0.4, 0.5) is 11.4 Å². The van der Waals surface area contributed by atoms with Crippen LogP contribution in [0.2, 0.25) is 0 Å². The van der Waals surface area contributed by atoms with Crippen LogP contribution < -0.4 is 16.0 Å². The fourth-order valence-corrected chi connectivity index (χ4v) is 3.54. The van der Waals surface area contributed by atoms with Gasteiger partial charge in [0, 0.05) is 37.8 Å². The molecule has 0 spiro atoms. The summed E-state index contributed by atoms with van der Waals surface area (Å²) in [4.78, 5) is 31.3. The lowest BCUT2D eigenvalue weighted by Gasteiger charge is -2.09. The van der Waals surface area contributed by atoms with Crippen molar-refractivity contribution in [3.63, 3.8) is 0 Å². The van der Waals surface area contributed by atoms with Crippen LogP contribution in [0.25, 0.3) is 11.0 Å². The maximum Gasteiger partial charge on any atom is 0.263 e. The van der Waals surface area contributed by atoms with Crippen LogP contribution in [0.1, 0.15) is 35.9 Å². The maximum absolute atomic E-state index is 12.5. The molecule has 0 saturated carbocycles. The molecule has 0 aliphatic carbocycles. The summed E-state index contributed by atoms with van der Waals surface area (Å²) in [7, 11) is 0. The average Bonchev–Trinajstić information content (AvgIpc) is 3.30. The van der Waals surface area contributed by atoms with Gasteiger partial charge < -0.3 is 20.9 Å². The van der Waals surface area contributed by atoms with E-state index in [2.05, 4.69) is 25.9 Å². The monoisotopic (exact) mass is 385 g/mol. The highest BCUT2D eigenvalue weighted by Gasteiger charge is 2.14. The van der Waals surface area contributed by atoms with Crippen LogP contribution >= 0.6 is 11.3 Å². The molecule has 142 valence electrons. The first kappa shape index (κ1) is 18.9. The number of rotatable bonds is 9. The van der Waals surface area contributed by atoms with Crippen molar-refractivity contribution in [3.8, 4) is 0 Å². The SMILES string of the molecule is CC(=O)NCCCCCNC(=O)c1sccc1Nc1ccnc2[nH]ccc12. The van der Waals surface area contributed by atoms with E-state index in [1.165, 1.54) is 18.3 Å². The van der Waals surface area contributed by atoms with Crippen LogP contribution in [0.3, 0.4) is 0 Å². The van der Waals surface area contributed by atoms with Crippen molar-refractivity contribution >= 4 is 45.6 Å². The van der Waals surface area contributed by atoms with Gasteiger partial charge in [-0.05, 0) is 42.8 Å². The van der Waals surface area contributed by atoms with E-state index >= 15 is 0 Å². The van der Waals surface area contributed by atoms with Crippen molar-refractivity contribution in [2.75, 3.05) is 18.4 Å². The van der Waals surface area contributed by atoms with E-state index in [0.29, 0.717) is 18.0 Å². The molecule has 0 aromatic carbocycles. The van der Waals surface area contributed by atoms with Gasteiger partial charge in [0.1, 0.15) is 10.5 Å². The number of amides is 2. The summed E-state index contributed by atoms with van der Waals surface area (Å²) in [6.07, 6.45) is 6.33. The molecule has 0 saturated heterocycles. The number of H-pyrrole nitrogens is 1. The Hall–Kier alpha value is -2.87. The quantitative estimate of drug-likeness (QED) is 0.424. The molecule has 8 heteroatoms. The Bertz CT molecular complexity index is 918. The largest absolute Gasteiger partial charge is 0.356 e. The summed E-state index contributed by atoms with van der Waals surface area (Å²) in [6.45, 7) is 2.81. The molecule has 0 unspecified atom stereocenters. The summed E-state index contributed by atoms with van der Waals surface area (Å²) in [5.41, 5.74) is 2.50. The normalized spacial score (nSPS) is 10.7. The second kappa shape index (κ2) is 9.18. The molecule has 2 amide bonds. The van der Waals surface area contributed by atoms with Crippen LogP contribution in [0.5, 0.6) is 0 Å². The Morgan fingerprint density at radius 1 is 1.07 bits per heavy atom. The minimum atomic E-state index is -0.0753. The number of carbonyl (C=O) groups is 2. The second-order valence-electron chi connectivity index (χ2n) is 6.19. The third kappa shape index (κ3) is 5.07. The summed E-state index contributed by atoms with van der Waals surface area (Å²) < 4.78 is 0. The number of nitrogens with zero attached hydrogens (tertiary/aromatic N) is 1. The van der Waals surface area contributed by atoms with Crippen molar-refractivity contribution < 1.29 is 9.59 Å². The average molecular weight is 385 g/mol. The number of fused-ring (bicyclic) bond motifs is 1. The topological polar surface area (TPSA) is 98.9 Å². The molecule has 4 N–H and O–H groups in total. The maximum atomic E-state index is 12.5. The van der Waals surface area contributed by atoms with Crippen molar-refractivity contribution in [1.82, 2.24) is 20.6 Å². The fourth-order valence-electron chi connectivity index (χ4n) is 2.77. The first-order valence-electron chi connectivity index (χ1n) is 8.94. The molecule has 3 aromatic rings. The highest BCUT2D eigenvalue weighted by molar-refractivity contribution is 7.12. The van der Waals surface area contributed by atoms with Crippen molar-refractivity contribution in [2.45, 2.75) is 26.2 Å². The summed E-state index contributed by atoms with van der Waals surface area (Å²) in [6, 6.07) is 5.76. The zero-order chi connectivity index (χ0) is 19.1. The Kier molecular flexibility index (Phi) is 6.43. The number of carbonyl (C=O) groups excluding carboxylic acids is 2. The van der Waals surface area contributed by atoms with Gasteiger partial charge in [0.15, 0.2) is 0 Å². The molecule has 0 atom stereocenters. The number of nitrogens with one attached hydrogen (secondary N) is 4. The zero-order valence-electron chi connectivity index (χ0n) is 15.2. The number of unbranched alkanes of at least 4 members (excludes halogenated alkanes) is 2. The number of thiophene rings is 1. The Morgan fingerprint density at radius 3 is 2.70 bits per heavy atom. The lowest BCUT2D eigenvalue weighted by molar-refractivity contribution is -0.118. The first-order valence-corrected chi connectivity index (χ1v) is 9.82. The lowest BCUT2D eigenvalue weighted by atomic mass is 10.2. The van der Waals surface area contributed by atoms with Gasteiger partial charge in [0.2, 0.25) is 5.91 Å². The van der Waals surface area contributed by atoms with Gasteiger partial charge in [-0.1, -0.05) is 0 Å². The Balaban J connectivity index is 1.51. The number of hydrogen-bond acceptors (Lipinski definition) is 5. The molecule has 0 radical (unpaired) electrons. The first-order chi connectivity index (χ1) is 13.1.